The zero-order chi connectivity index (χ0) is 20.6. The molecule has 0 unspecified atom stereocenters. The zero-order valence-corrected chi connectivity index (χ0v) is 18.3. The number of carbonyl (C=O) groups excluding carboxylic acids is 1. The van der Waals surface area contributed by atoms with Crippen LogP contribution in [0.15, 0.2) is 23.1 Å². The number of sulfonamides is 1. The standard InChI is InChI=1S/C20H31ClN2O4S/c1-3-23(4-2)28(25,26)17-11-12-19(21)18(15-17)20(24)22-13-8-14-27-16-9-6-5-7-10-16/h11-12,15-16H,3-10,13-14H2,1-2H3,(H,22,24). The van der Waals surface area contributed by atoms with Crippen LogP contribution in [0, 0.1) is 0 Å². The van der Waals surface area contributed by atoms with E-state index in [1.165, 1.54) is 41.8 Å². The zero-order valence-electron chi connectivity index (χ0n) is 16.7. The fourth-order valence-electron chi connectivity index (χ4n) is 3.40. The predicted molar refractivity (Wildman–Crippen MR) is 111 cm³/mol. The molecule has 1 amide bonds. The molecule has 0 aromatic heterocycles. The molecule has 28 heavy (non-hydrogen) atoms. The summed E-state index contributed by atoms with van der Waals surface area (Å²) < 4.78 is 32.5. The second kappa shape index (κ2) is 11.1. The van der Waals surface area contributed by atoms with Crippen LogP contribution in [-0.2, 0) is 14.8 Å². The second-order valence-electron chi connectivity index (χ2n) is 6.97. The highest BCUT2D eigenvalue weighted by Gasteiger charge is 2.23. The van der Waals surface area contributed by atoms with Gasteiger partial charge in [0.2, 0.25) is 10.0 Å². The van der Waals surface area contributed by atoms with E-state index >= 15 is 0 Å². The molecule has 1 saturated carbocycles. The van der Waals surface area contributed by atoms with Gasteiger partial charge in [-0.05, 0) is 37.5 Å². The van der Waals surface area contributed by atoms with Crippen molar-refractivity contribution < 1.29 is 17.9 Å². The van der Waals surface area contributed by atoms with E-state index in [1.54, 1.807) is 13.8 Å². The van der Waals surface area contributed by atoms with Crippen molar-refractivity contribution in [1.29, 1.82) is 0 Å². The first-order chi connectivity index (χ1) is 13.4. The molecule has 1 fully saturated rings. The van der Waals surface area contributed by atoms with E-state index in [0.717, 1.165) is 12.8 Å². The minimum absolute atomic E-state index is 0.0754. The van der Waals surface area contributed by atoms with Crippen molar-refractivity contribution in [2.75, 3.05) is 26.2 Å². The minimum Gasteiger partial charge on any atom is -0.378 e. The Morgan fingerprint density at radius 1 is 1.21 bits per heavy atom. The molecule has 0 radical (unpaired) electrons. The van der Waals surface area contributed by atoms with Crippen molar-refractivity contribution >= 4 is 27.5 Å². The smallest absolute Gasteiger partial charge is 0.252 e. The van der Waals surface area contributed by atoms with Gasteiger partial charge in [-0.3, -0.25) is 4.79 Å². The van der Waals surface area contributed by atoms with Crippen LogP contribution < -0.4 is 5.32 Å². The van der Waals surface area contributed by atoms with Crippen LogP contribution in [0.4, 0.5) is 0 Å². The van der Waals surface area contributed by atoms with E-state index < -0.39 is 10.0 Å². The van der Waals surface area contributed by atoms with E-state index in [9.17, 15) is 13.2 Å². The highest BCUT2D eigenvalue weighted by atomic mass is 35.5. The van der Waals surface area contributed by atoms with Crippen LogP contribution in [0.5, 0.6) is 0 Å². The van der Waals surface area contributed by atoms with Gasteiger partial charge in [-0.2, -0.15) is 4.31 Å². The third-order valence-electron chi connectivity index (χ3n) is 5.04. The number of hydrogen-bond acceptors (Lipinski definition) is 4. The van der Waals surface area contributed by atoms with Gasteiger partial charge in [0.1, 0.15) is 0 Å². The molecule has 0 saturated heterocycles. The SMILES string of the molecule is CCN(CC)S(=O)(=O)c1ccc(Cl)c(C(=O)NCCCOC2CCCCC2)c1. The summed E-state index contributed by atoms with van der Waals surface area (Å²) in [6.07, 6.45) is 7.04. The van der Waals surface area contributed by atoms with Gasteiger partial charge in [-0.15, -0.1) is 0 Å². The number of ether oxygens (including phenoxy) is 1. The number of benzene rings is 1. The highest BCUT2D eigenvalue weighted by Crippen LogP contribution is 2.23. The van der Waals surface area contributed by atoms with E-state index in [2.05, 4.69) is 5.32 Å². The number of rotatable bonds is 10. The molecule has 8 heteroatoms. The molecule has 0 heterocycles. The summed E-state index contributed by atoms with van der Waals surface area (Å²) in [7, 11) is -3.64. The molecule has 0 bridgehead atoms. The Hall–Kier alpha value is -1.15. The first-order valence-corrected chi connectivity index (χ1v) is 11.9. The van der Waals surface area contributed by atoms with E-state index in [-0.39, 0.29) is 21.4 Å². The van der Waals surface area contributed by atoms with Crippen LogP contribution in [0.2, 0.25) is 5.02 Å². The van der Waals surface area contributed by atoms with Gasteiger partial charge in [0, 0.05) is 26.2 Å². The number of nitrogens with one attached hydrogen (secondary N) is 1. The molecular weight excluding hydrogens is 400 g/mol. The largest absolute Gasteiger partial charge is 0.378 e. The summed E-state index contributed by atoms with van der Waals surface area (Å²) in [5.41, 5.74) is 0.170. The van der Waals surface area contributed by atoms with Gasteiger partial charge in [0.05, 0.1) is 21.6 Å². The molecule has 0 spiro atoms. The number of halogens is 1. The van der Waals surface area contributed by atoms with Crippen LogP contribution in [0.25, 0.3) is 0 Å². The molecule has 0 atom stereocenters. The monoisotopic (exact) mass is 430 g/mol. The lowest BCUT2D eigenvalue weighted by Gasteiger charge is -2.22. The van der Waals surface area contributed by atoms with Crippen molar-refractivity contribution in [2.45, 2.75) is 63.4 Å². The van der Waals surface area contributed by atoms with E-state index in [4.69, 9.17) is 16.3 Å². The van der Waals surface area contributed by atoms with Gasteiger partial charge < -0.3 is 10.1 Å². The third kappa shape index (κ3) is 6.17. The quantitative estimate of drug-likeness (QED) is 0.572. The lowest BCUT2D eigenvalue weighted by molar-refractivity contribution is 0.0273. The van der Waals surface area contributed by atoms with Crippen molar-refractivity contribution in [3.8, 4) is 0 Å². The van der Waals surface area contributed by atoms with Crippen LogP contribution in [-0.4, -0.2) is 51.0 Å². The van der Waals surface area contributed by atoms with E-state index in [1.807, 2.05) is 0 Å². The first-order valence-electron chi connectivity index (χ1n) is 10.1. The second-order valence-corrected chi connectivity index (χ2v) is 9.32. The van der Waals surface area contributed by atoms with Gasteiger partial charge in [0.25, 0.3) is 5.91 Å². The molecule has 6 nitrogen and oxygen atoms in total. The summed E-state index contributed by atoms with van der Waals surface area (Å²) in [6, 6.07) is 4.24. The Morgan fingerprint density at radius 2 is 1.89 bits per heavy atom. The minimum atomic E-state index is -3.64. The average Bonchev–Trinajstić information content (AvgIpc) is 2.69. The molecule has 2 rings (SSSR count). The van der Waals surface area contributed by atoms with Gasteiger partial charge in [-0.25, -0.2) is 8.42 Å². The van der Waals surface area contributed by atoms with Crippen LogP contribution >= 0.6 is 11.6 Å². The molecule has 1 aliphatic rings. The molecule has 1 aromatic carbocycles. The Morgan fingerprint density at radius 3 is 2.54 bits per heavy atom. The number of hydrogen-bond donors (Lipinski definition) is 1. The molecule has 158 valence electrons. The lowest BCUT2D eigenvalue weighted by Crippen LogP contribution is -2.31. The Kier molecular flexibility index (Phi) is 9.21. The number of nitrogens with zero attached hydrogens (tertiary/aromatic N) is 1. The van der Waals surface area contributed by atoms with Crippen molar-refractivity contribution in [2.24, 2.45) is 0 Å². The van der Waals surface area contributed by atoms with Gasteiger partial charge >= 0.3 is 0 Å². The summed E-state index contributed by atoms with van der Waals surface area (Å²) in [5, 5.41) is 3.03. The summed E-state index contributed by atoms with van der Waals surface area (Å²) in [5.74, 6) is -0.376. The summed E-state index contributed by atoms with van der Waals surface area (Å²) in [4.78, 5) is 12.5. The fourth-order valence-corrected chi connectivity index (χ4v) is 5.09. The fraction of sp³-hybridized carbons (Fsp3) is 0.650. The van der Waals surface area contributed by atoms with Crippen LogP contribution in [0.1, 0.15) is 62.7 Å². The first kappa shape index (κ1) is 23.1. The molecule has 1 N–H and O–H groups in total. The average molecular weight is 431 g/mol. The maximum atomic E-state index is 12.7. The van der Waals surface area contributed by atoms with Gasteiger partial charge in [0.15, 0.2) is 0 Å². The van der Waals surface area contributed by atoms with Crippen LogP contribution in [0.3, 0.4) is 0 Å². The molecule has 0 aliphatic heterocycles. The van der Waals surface area contributed by atoms with Gasteiger partial charge in [-0.1, -0.05) is 44.7 Å². The van der Waals surface area contributed by atoms with Crippen molar-refractivity contribution in [1.82, 2.24) is 9.62 Å². The number of carbonyl (C=O) groups is 1. The molecule has 1 aliphatic carbocycles. The van der Waals surface area contributed by atoms with Crippen molar-refractivity contribution in [3.63, 3.8) is 0 Å². The summed E-state index contributed by atoms with van der Waals surface area (Å²) >= 11 is 6.14. The Bertz CT molecular complexity index is 745. The van der Waals surface area contributed by atoms with Crippen molar-refractivity contribution in [3.05, 3.63) is 28.8 Å². The Balaban J connectivity index is 1.91. The summed E-state index contributed by atoms with van der Waals surface area (Å²) in [6.45, 7) is 5.35. The third-order valence-corrected chi connectivity index (χ3v) is 7.41. The lowest BCUT2D eigenvalue weighted by atomic mass is 9.98. The van der Waals surface area contributed by atoms with E-state index in [0.29, 0.717) is 38.8 Å². The molecular formula is C20H31ClN2O4S. The normalized spacial score (nSPS) is 15.7. The highest BCUT2D eigenvalue weighted by molar-refractivity contribution is 7.89. The molecule has 1 aromatic rings. The maximum absolute atomic E-state index is 12.7. The predicted octanol–water partition coefficient (Wildman–Crippen LogP) is 3.84. The Labute approximate surface area is 173 Å². The maximum Gasteiger partial charge on any atom is 0.252 e. The number of amides is 1. The topological polar surface area (TPSA) is 75.7 Å².